The first-order chi connectivity index (χ1) is 10.7. The van der Waals surface area contributed by atoms with Gasteiger partial charge in [0.1, 0.15) is 5.69 Å². The monoisotopic (exact) mass is 297 g/mol. The summed E-state index contributed by atoms with van der Waals surface area (Å²) in [7, 11) is 0. The Bertz CT molecular complexity index is 646. The van der Waals surface area contributed by atoms with E-state index in [2.05, 4.69) is 15.7 Å². The first-order valence-electron chi connectivity index (χ1n) is 6.42. The molecule has 0 saturated carbocycles. The van der Waals surface area contributed by atoms with Crippen molar-refractivity contribution in [3.63, 3.8) is 0 Å². The Kier molecular flexibility index (Phi) is 5.20. The van der Waals surface area contributed by atoms with Crippen molar-refractivity contribution in [2.75, 3.05) is 11.6 Å². The van der Waals surface area contributed by atoms with Crippen LogP contribution in [0.25, 0.3) is 0 Å². The number of pyridine rings is 1. The second kappa shape index (κ2) is 7.53. The fourth-order valence-electron chi connectivity index (χ4n) is 1.66. The Morgan fingerprint density at radius 2 is 1.82 bits per heavy atom. The van der Waals surface area contributed by atoms with E-state index in [-0.39, 0.29) is 12.2 Å². The molecule has 0 unspecified atom stereocenters. The summed E-state index contributed by atoms with van der Waals surface area (Å²) in [5, 5.41) is 3.32. The molecule has 7 nitrogen and oxygen atoms in total. The lowest BCUT2D eigenvalue weighted by molar-refractivity contribution is 0.0945. The molecule has 0 spiro atoms. The number of nitrogens with zero attached hydrogens (tertiary/aromatic N) is 2. The average molecular weight is 297 g/mol. The normalized spacial score (nSPS) is 9.64. The Hall–Kier alpha value is -3.22. The molecule has 0 aliphatic heterocycles. The SMILES string of the molecule is O=[C]CNC(=O)N(NC(=O)c1ccccn1)c1ccccc1. The van der Waals surface area contributed by atoms with Gasteiger partial charge in [0, 0.05) is 6.20 Å². The molecule has 3 amide bonds. The molecule has 2 N–H and O–H groups in total. The summed E-state index contributed by atoms with van der Waals surface area (Å²) in [4.78, 5) is 38.4. The van der Waals surface area contributed by atoms with E-state index in [9.17, 15) is 14.4 Å². The lowest BCUT2D eigenvalue weighted by Gasteiger charge is -2.22. The van der Waals surface area contributed by atoms with Crippen LogP contribution in [0.15, 0.2) is 54.7 Å². The highest BCUT2D eigenvalue weighted by atomic mass is 16.2. The van der Waals surface area contributed by atoms with Crippen molar-refractivity contribution >= 4 is 23.9 Å². The van der Waals surface area contributed by atoms with Crippen molar-refractivity contribution < 1.29 is 14.4 Å². The Morgan fingerprint density at radius 1 is 1.09 bits per heavy atom. The molecule has 0 saturated heterocycles. The molecule has 22 heavy (non-hydrogen) atoms. The maximum Gasteiger partial charge on any atom is 0.341 e. The average Bonchev–Trinajstić information content (AvgIpc) is 2.59. The van der Waals surface area contributed by atoms with Crippen LogP contribution in [-0.2, 0) is 4.79 Å². The number of nitrogens with one attached hydrogen (secondary N) is 2. The smallest absolute Gasteiger partial charge is 0.329 e. The quantitative estimate of drug-likeness (QED) is 0.825. The molecule has 2 aromatic rings. The minimum absolute atomic E-state index is 0.165. The second-order valence-electron chi connectivity index (χ2n) is 4.13. The van der Waals surface area contributed by atoms with E-state index in [0.29, 0.717) is 5.69 Å². The van der Waals surface area contributed by atoms with E-state index in [1.807, 2.05) is 0 Å². The van der Waals surface area contributed by atoms with Gasteiger partial charge in [0.2, 0.25) is 6.29 Å². The minimum Gasteiger partial charge on any atom is -0.329 e. The number of para-hydroxylation sites is 1. The van der Waals surface area contributed by atoms with E-state index in [4.69, 9.17) is 0 Å². The van der Waals surface area contributed by atoms with Crippen LogP contribution in [0.4, 0.5) is 10.5 Å². The van der Waals surface area contributed by atoms with Gasteiger partial charge in [0.05, 0.1) is 12.2 Å². The van der Waals surface area contributed by atoms with Crippen LogP contribution in [0, 0.1) is 0 Å². The summed E-state index contributed by atoms with van der Waals surface area (Å²) in [6.45, 7) is -0.276. The van der Waals surface area contributed by atoms with E-state index in [1.54, 1.807) is 48.8 Å². The fraction of sp³-hybridized carbons (Fsp3) is 0.0667. The van der Waals surface area contributed by atoms with Crippen LogP contribution in [0.5, 0.6) is 0 Å². The zero-order chi connectivity index (χ0) is 15.8. The lowest BCUT2D eigenvalue weighted by atomic mass is 10.3. The highest BCUT2D eigenvalue weighted by Gasteiger charge is 2.19. The lowest BCUT2D eigenvalue weighted by Crippen LogP contribution is -2.51. The zero-order valence-corrected chi connectivity index (χ0v) is 11.5. The van der Waals surface area contributed by atoms with E-state index < -0.39 is 11.9 Å². The van der Waals surface area contributed by atoms with Crippen molar-refractivity contribution in [1.29, 1.82) is 0 Å². The molecule has 1 aromatic heterocycles. The van der Waals surface area contributed by atoms with Crippen LogP contribution in [0.3, 0.4) is 0 Å². The van der Waals surface area contributed by atoms with Crippen molar-refractivity contribution in [3.8, 4) is 0 Å². The number of urea groups is 1. The summed E-state index contributed by atoms with van der Waals surface area (Å²) in [5.41, 5.74) is 3.05. The number of anilines is 1. The molecule has 1 radical (unpaired) electrons. The first kappa shape index (κ1) is 15.2. The topological polar surface area (TPSA) is 91.4 Å². The molecule has 1 aromatic carbocycles. The molecule has 1 heterocycles. The summed E-state index contributed by atoms with van der Waals surface area (Å²) in [6.07, 6.45) is 3.03. The molecule has 7 heteroatoms. The van der Waals surface area contributed by atoms with Gasteiger partial charge in [-0.2, -0.15) is 0 Å². The number of benzene rings is 1. The fourth-order valence-corrected chi connectivity index (χ4v) is 1.66. The number of aromatic nitrogens is 1. The highest BCUT2D eigenvalue weighted by molar-refractivity contribution is 6.00. The van der Waals surface area contributed by atoms with Gasteiger partial charge >= 0.3 is 6.03 Å². The van der Waals surface area contributed by atoms with Crippen LogP contribution >= 0.6 is 0 Å². The highest BCUT2D eigenvalue weighted by Crippen LogP contribution is 2.11. The van der Waals surface area contributed by atoms with Gasteiger partial charge in [-0.05, 0) is 24.3 Å². The summed E-state index contributed by atoms with van der Waals surface area (Å²) < 4.78 is 0. The van der Waals surface area contributed by atoms with Crippen molar-refractivity contribution in [1.82, 2.24) is 15.7 Å². The molecular weight excluding hydrogens is 284 g/mol. The number of amides is 3. The van der Waals surface area contributed by atoms with Gasteiger partial charge in [0.25, 0.3) is 5.91 Å². The Balaban J connectivity index is 2.19. The number of hydrogen-bond acceptors (Lipinski definition) is 4. The van der Waals surface area contributed by atoms with Crippen LogP contribution in [-0.4, -0.2) is 29.8 Å². The van der Waals surface area contributed by atoms with Crippen LogP contribution in [0.2, 0.25) is 0 Å². The molecule has 0 atom stereocenters. The van der Waals surface area contributed by atoms with Crippen molar-refractivity contribution in [2.24, 2.45) is 0 Å². The summed E-state index contributed by atoms with van der Waals surface area (Å²) in [6, 6.07) is 12.7. The Labute approximate surface area is 126 Å². The first-order valence-corrected chi connectivity index (χ1v) is 6.42. The molecule has 0 aliphatic rings. The third kappa shape index (κ3) is 3.89. The van der Waals surface area contributed by atoms with Crippen LogP contribution < -0.4 is 15.8 Å². The molecular formula is C15H13N4O3. The number of rotatable bonds is 4. The largest absolute Gasteiger partial charge is 0.341 e. The van der Waals surface area contributed by atoms with E-state index in [0.717, 1.165) is 5.01 Å². The molecule has 0 aliphatic carbocycles. The van der Waals surface area contributed by atoms with Gasteiger partial charge < -0.3 is 5.32 Å². The molecule has 111 valence electrons. The predicted molar refractivity (Wildman–Crippen MR) is 79.7 cm³/mol. The maximum absolute atomic E-state index is 12.1. The van der Waals surface area contributed by atoms with Gasteiger partial charge in [0.15, 0.2) is 0 Å². The van der Waals surface area contributed by atoms with Crippen LogP contribution in [0.1, 0.15) is 10.5 Å². The molecule has 0 bridgehead atoms. The number of hydrazine groups is 1. The Morgan fingerprint density at radius 3 is 2.45 bits per heavy atom. The predicted octanol–water partition coefficient (Wildman–Crippen LogP) is 1.05. The number of carbonyl (C=O) groups is 2. The van der Waals surface area contributed by atoms with Crippen molar-refractivity contribution in [3.05, 3.63) is 60.4 Å². The molecule has 0 fully saturated rings. The van der Waals surface area contributed by atoms with Gasteiger partial charge in [-0.1, -0.05) is 24.3 Å². The maximum atomic E-state index is 12.1. The van der Waals surface area contributed by atoms with E-state index >= 15 is 0 Å². The summed E-state index contributed by atoms with van der Waals surface area (Å²) in [5.74, 6) is -0.547. The number of hydrogen-bond donors (Lipinski definition) is 2. The van der Waals surface area contributed by atoms with E-state index in [1.165, 1.54) is 12.3 Å². The third-order valence-corrected chi connectivity index (χ3v) is 2.64. The van der Waals surface area contributed by atoms with Gasteiger partial charge in [-0.25, -0.2) is 9.80 Å². The minimum atomic E-state index is -0.654. The van der Waals surface area contributed by atoms with Gasteiger partial charge in [-0.3, -0.25) is 20.0 Å². The zero-order valence-electron chi connectivity index (χ0n) is 11.5. The second-order valence-corrected chi connectivity index (χ2v) is 4.13. The third-order valence-electron chi connectivity index (χ3n) is 2.64. The number of carbonyl (C=O) groups excluding carboxylic acids is 3. The van der Waals surface area contributed by atoms with Gasteiger partial charge in [-0.15, -0.1) is 0 Å². The van der Waals surface area contributed by atoms with Crippen molar-refractivity contribution in [2.45, 2.75) is 0 Å². The standard InChI is InChI=1S/C15H13N4O3/c20-11-10-17-15(22)19(12-6-2-1-3-7-12)18-14(21)13-8-4-5-9-16-13/h1-9H,10H2,(H,17,22)(H,18,21). The summed E-state index contributed by atoms with van der Waals surface area (Å²) >= 11 is 0. The molecule has 2 rings (SSSR count).